The summed E-state index contributed by atoms with van der Waals surface area (Å²) >= 11 is 5.77. The molecule has 1 heterocycles. The van der Waals surface area contributed by atoms with Crippen molar-refractivity contribution in [2.24, 2.45) is 0 Å². The lowest BCUT2D eigenvalue weighted by molar-refractivity contribution is -0.385. The average molecular weight is 335 g/mol. The summed E-state index contributed by atoms with van der Waals surface area (Å²) < 4.78 is 0. The molecule has 0 spiro atoms. The number of carboxylic acids is 1. The Morgan fingerprint density at radius 2 is 2.19 bits per heavy atom. The first kappa shape index (κ1) is 17.7. The van der Waals surface area contributed by atoms with Gasteiger partial charge in [-0.05, 0) is 31.5 Å². The fraction of sp³-hybridized carbons (Fsp3) is 0.462. The number of nitro benzene ring substituents is 1. The second kappa shape index (κ2) is 7.59. The Kier molecular flexibility index (Phi) is 6.39. The van der Waals surface area contributed by atoms with Crippen LogP contribution in [0.5, 0.6) is 0 Å². The van der Waals surface area contributed by atoms with Crippen molar-refractivity contribution in [3.63, 3.8) is 0 Å². The van der Waals surface area contributed by atoms with Gasteiger partial charge in [-0.2, -0.15) is 0 Å². The number of aliphatic carboxylic acids is 1. The summed E-state index contributed by atoms with van der Waals surface area (Å²) in [6, 6.07) is 3.91. The van der Waals surface area contributed by atoms with E-state index in [9.17, 15) is 20.0 Å². The summed E-state index contributed by atoms with van der Waals surface area (Å²) in [7, 11) is 0. The second-order valence-corrected chi connectivity index (χ2v) is 5.29. The van der Waals surface area contributed by atoms with E-state index in [1.165, 1.54) is 6.07 Å². The third-order valence-corrected chi connectivity index (χ3v) is 3.75. The van der Waals surface area contributed by atoms with Crippen LogP contribution in [0.25, 0.3) is 0 Å². The van der Waals surface area contributed by atoms with Crippen molar-refractivity contribution in [3.8, 4) is 0 Å². The molecule has 0 saturated carbocycles. The van der Waals surface area contributed by atoms with Gasteiger partial charge in [0.1, 0.15) is 6.04 Å². The smallest absolute Gasteiger partial charge is 0.320 e. The van der Waals surface area contributed by atoms with Crippen LogP contribution in [0.4, 0.5) is 5.69 Å². The third-order valence-electron chi connectivity index (χ3n) is 3.52. The number of benzene rings is 1. The number of carboxylic acid groups (broad SMARTS) is 1. The molecule has 8 heteroatoms. The Bertz CT molecular complexity index is 539. The topological polar surface area (TPSA) is 83.7 Å². The van der Waals surface area contributed by atoms with Gasteiger partial charge < -0.3 is 5.11 Å². The number of hydrogen-bond acceptors (Lipinski definition) is 4. The fourth-order valence-electron chi connectivity index (χ4n) is 2.52. The molecule has 2 rings (SSSR count). The van der Waals surface area contributed by atoms with Crippen molar-refractivity contribution >= 4 is 35.7 Å². The SMILES string of the molecule is Cl.O=C(O)C1CCCCN1Cc1ccc(Cl)cc1[N+](=O)[O-]. The van der Waals surface area contributed by atoms with Crippen molar-refractivity contribution in [3.05, 3.63) is 38.9 Å². The molecule has 1 fully saturated rings. The maximum absolute atomic E-state index is 11.2. The highest BCUT2D eigenvalue weighted by Crippen LogP contribution is 2.27. The highest BCUT2D eigenvalue weighted by Gasteiger charge is 2.29. The van der Waals surface area contributed by atoms with E-state index < -0.39 is 16.9 Å². The van der Waals surface area contributed by atoms with Crippen molar-refractivity contribution in [1.82, 2.24) is 4.90 Å². The molecule has 1 unspecified atom stereocenters. The molecule has 0 amide bonds. The molecule has 1 N–H and O–H groups in total. The summed E-state index contributed by atoms with van der Waals surface area (Å²) in [5.41, 5.74) is 0.430. The molecule has 0 bridgehead atoms. The number of carbonyl (C=O) groups is 1. The number of nitrogens with zero attached hydrogens (tertiary/aromatic N) is 2. The Labute approximate surface area is 133 Å². The first-order valence-corrected chi connectivity index (χ1v) is 6.76. The summed E-state index contributed by atoms with van der Waals surface area (Å²) in [6.07, 6.45) is 2.36. The normalized spacial score (nSPS) is 18.8. The molecule has 1 atom stereocenters. The number of likely N-dealkylation sites (tertiary alicyclic amines) is 1. The number of piperidine rings is 1. The monoisotopic (exact) mass is 334 g/mol. The van der Waals surface area contributed by atoms with Gasteiger partial charge in [0.2, 0.25) is 0 Å². The first-order chi connectivity index (χ1) is 9.49. The molecule has 0 radical (unpaired) electrons. The molecule has 1 aliphatic rings. The molecule has 0 aromatic heterocycles. The molecule has 0 aliphatic carbocycles. The number of nitro groups is 1. The van der Waals surface area contributed by atoms with Crippen molar-refractivity contribution in [2.75, 3.05) is 6.54 Å². The van der Waals surface area contributed by atoms with E-state index in [2.05, 4.69) is 0 Å². The molecule has 1 aromatic carbocycles. The minimum absolute atomic E-state index is 0. The highest BCUT2D eigenvalue weighted by atomic mass is 35.5. The largest absolute Gasteiger partial charge is 0.480 e. The van der Waals surface area contributed by atoms with Crippen LogP contribution in [0.2, 0.25) is 5.02 Å². The average Bonchev–Trinajstić information content (AvgIpc) is 2.41. The summed E-state index contributed by atoms with van der Waals surface area (Å²) in [5.74, 6) is -0.874. The van der Waals surface area contributed by atoms with Crippen LogP contribution in [0.3, 0.4) is 0 Å². The van der Waals surface area contributed by atoms with Crippen LogP contribution < -0.4 is 0 Å². The molecular formula is C13H16Cl2N2O4. The molecule has 21 heavy (non-hydrogen) atoms. The van der Waals surface area contributed by atoms with Gasteiger partial charge in [-0.15, -0.1) is 12.4 Å². The zero-order valence-electron chi connectivity index (χ0n) is 11.2. The summed E-state index contributed by atoms with van der Waals surface area (Å²) in [5, 5.41) is 20.6. The van der Waals surface area contributed by atoms with Gasteiger partial charge in [-0.25, -0.2) is 0 Å². The van der Waals surface area contributed by atoms with Crippen molar-refractivity contribution < 1.29 is 14.8 Å². The van der Waals surface area contributed by atoms with E-state index in [0.29, 0.717) is 23.6 Å². The molecule has 1 saturated heterocycles. The Morgan fingerprint density at radius 1 is 1.48 bits per heavy atom. The second-order valence-electron chi connectivity index (χ2n) is 4.85. The maximum atomic E-state index is 11.2. The van der Waals surface area contributed by atoms with Crippen LogP contribution in [0, 0.1) is 10.1 Å². The zero-order chi connectivity index (χ0) is 14.7. The van der Waals surface area contributed by atoms with Gasteiger partial charge in [0.15, 0.2) is 0 Å². The lowest BCUT2D eigenvalue weighted by Gasteiger charge is -2.32. The van der Waals surface area contributed by atoms with E-state index in [-0.39, 0.29) is 24.6 Å². The van der Waals surface area contributed by atoms with Gasteiger partial charge in [0.05, 0.1) is 4.92 Å². The van der Waals surface area contributed by atoms with E-state index in [1.54, 1.807) is 17.0 Å². The quantitative estimate of drug-likeness (QED) is 0.675. The van der Waals surface area contributed by atoms with E-state index in [1.807, 2.05) is 0 Å². The van der Waals surface area contributed by atoms with Crippen molar-refractivity contribution in [1.29, 1.82) is 0 Å². The number of rotatable bonds is 4. The summed E-state index contributed by atoms with van der Waals surface area (Å²) in [6.45, 7) is 0.890. The molecule has 1 aromatic rings. The summed E-state index contributed by atoms with van der Waals surface area (Å²) in [4.78, 5) is 23.6. The van der Waals surface area contributed by atoms with Gasteiger partial charge in [-0.3, -0.25) is 19.8 Å². The number of halogens is 2. The van der Waals surface area contributed by atoms with Gasteiger partial charge in [0.25, 0.3) is 5.69 Å². The lowest BCUT2D eigenvalue weighted by Crippen LogP contribution is -2.44. The Hall–Kier alpha value is -1.37. The van der Waals surface area contributed by atoms with Crippen LogP contribution in [-0.4, -0.2) is 33.5 Å². The first-order valence-electron chi connectivity index (χ1n) is 6.38. The van der Waals surface area contributed by atoms with Gasteiger partial charge in [0, 0.05) is 23.2 Å². The van der Waals surface area contributed by atoms with Crippen LogP contribution >= 0.6 is 24.0 Å². The minimum atomic E-state index is -0.874. The van der Waals surface area contributed by atoms with Gasteiger partial charge >= 0.3 is 5.97 Å². The van der Waals surface area contributed by atoms with Crippen LogP contribution in [0.15, 0.2) is 18.2 Å². The standard InChI is InChI=1S/C13H15ClN2O4.ClH/c14-10-5-4-9(12(7-10)16(19)20)8-15-6-2-1-3-11(15)13(17)18;/h4-5,7,11H,1-3,6,8H2,(H,17,18);1H. The lowest BCUT2D eigenvalue weighted by atomic mass is 10.0. The van der Waals surface area contributed by atoms with Crippen LogP contribution in [0.1, 0.15) is 24.8 Å². The molecule has 116 valence electrons. The van der Waals surface area contributed by atoms with Gasteiger partial charge in [-0.1, -0.05) is 18.0 Å². The third kappa shape index (κ3) is 4.30. The minimum Gasteiger partial charge on any atom is -0.480 e. The van der Waals surface area contributed by atoms with E-state index in [4.69, 9.17) is 11.6 Å². The highest BCUT2D eigenvalue weighted by molar-refractivity contribution is 6.30. The number of hydrogen-bond donors (Lipinski definition) is 1. The molecule has 6 nitrogen and oxygen atoms in total. The Balaban J connectivity index is 0.00000220. The van der Waals surface area contributed by atoms with E-state index in [0.717, 1.165) is 12.8 Å². The predicted octanol–water partition coefficient (Wildman–Crippen LogP) is 3.11. The predicted molar refractivity (Wildman–Crippen MR) is 81.0 cm³/mol. The Morgan fingerprint density at radius 3 is 2.81 bits per heavy atom. The molecule has 1 aliphatic heterocycles. The van der Waals surface area contributed by atoms with E-state index >= 15 is 0 Å². The van der Waals surface area contributed by atoms with Crippen LogP contribution in [-0.2, 0) is 11.3 Å². The maximum Gasteiger partial charge on any atom is 0.320 e. The van der Waals surface area contributed by atoms with Crippen molar-refractivity contribution in [2.45, 2.75) is 31.8 Å². The fourth-order valence-corrected chi connectivity index (χ4v) is 2.69. The zero-order valence-corrected chi connectivity index (χ0v) is 12.8. The molecular weight excluding hydrogens is 319 g/mol.